The van der Waals surface area contributed by atoms with Gasteiger partial charge in [-0.25, -0.2) is 4.79 Å². The molecular weight excluding hydrogens is 324 g/mol. The highest BCUT2D eigenvalue weighted by molar-refractivity contribution is 5.70. The lowest BCUT2D eigenvalue weighted by atomic mass is 9.88. The molecule has 4 heteroatoms. The number of nitrogens with one attached hydrogen (secondary N) is 1. The second kappa shape index (κ2) is 6.44. The Morgan fingerprint density at radius 3 is 2.58 bits per heavy atom. The number of rotatable bonds is 3. The first-order chi connectivity index (χ1) is 12.8. The third kappa shape index (κ3) is 2.69. The van der Waals surface area contributed by atoms with Gasteiger partial charge in [0.25, 0.3) is 0 Å². The van der Waals surface area contributed by atoms with E-state index in [0.717, 1.165) is 36.9 Å². The molecule has 0 radical (unpaired) electrons. The molecule has 2 aliphatic heterocycles. The van der Waals surface area contributed by atoms with Crippen molar-refractivity contribution in [2.24, 2.45) is 17.8 Å². The zero-order chi connectivity index (χ0) is 17.5. The van der Waals surface area contributed by atoms with Crippen molar-refractivity contribution in [3.05, 3.63) is 71.3 Å². The molecule has 4 nitrogen and oxygen atoms in total. The normalized spacial score (nSPS) is 29.0. The number of ether oxygens (including phenoxy) is 1. The molecule has 1 N–H and O–H groups in total. The van der Waals surface area contributed by atoms with Crippen molar-refractivity contribution in [3.8, 4) is 0 Å². The molecular formula is C22H24N2O2. The van der Waals surface area contributed by atoms with Gasteiger partial charge in [-0.1, -0.05) is 54.6 Å². The van der Waals surface area contributed by atoms with Crippen LogP contribution in [-0.2, 0) is 11.2 Å². The fourth-order valence-corrected chi connectivity index (χ4v) is 4.80. The summed E-state index contributed by atoms with van der Waals surface area (Å²) in [4.78, 5) is 14.8. The maximum absolute atomic E-state index is 12.9. The van der Waals surface area contributed by atoms with Crippen LogP contribution in [0.15, 0.2) is 54.6 Å². The highest BCUT2D eigenvalue weighted by Crippen LogP contribution is 2.48. The maximum Gasteiger partial charge on any atom is 0.410 e. The molecule has 2 aromatic rings. The van der Waals surface area contributed by atoms with Gasteiger partial charge < -0.3 is 10.1 Å². The monoisotopic (exact) mass is 348 g/mol. The molecule has 1 amide bonds. The SMILES string of the molecule is O=C(OCC1C2CNCC21)N1CCc2ccccc2C1c1ccccc1. The number of benzene rings is 2. The Bertz CT molecular complexity index is 797. The first-order valence-corrected chi connectivity index (χ1v) is 9.60. The summed E-state index contributed by atoms with van der Waals surface area (Å²) in [6.45, 7) is 3.43. The Kier molecular flexibility index (Phi) is 3.93. The van der Waals surface area contributed by atoms with Crippen LogP contribution >= 0.6 is 0 Å². The second-order valence-electron chi connectivity index (χ2n) is 7.68. The van der Waals surface area contributed by atoms with E-state index in [4.69, 9.17) is 4.74 Å². The molecule has 3 aliphatic rings. The van der Waals surface area contributed by atoms with E-state index in [-0.39, 0.29) is 12.1 Å². The molecule has 1 saturated carbocycles. The summed E-state index contributed by atoms with van der Waals surface area (Å²) in [5.41, 5.74) is 3.69. The van der Waals surface area contributed by atoms with Crippen LogP contribution < -0.4 is 5.32 Å². The van der Waals surface area contributed by atoms with E-state index in [1.807, 2.05) is 23.1 Å². The van der Waals surface area contributed by atoms with Crippen molar-refractivity contribution in [2.75, 3.05) is 26.2 Å². The van der Waals surface area contributed by atoms with E-state index in [1.54, 1.807) is 0 Å². The smallest absolute Gasteiger partial charge is 0.410 e. The molecule has 3 atom stereocenters. The van der Waals surface area contributed by atoms with E-state index in [2.05, 4.69) is 41.7 Å². The van der Waals surface area contributed by atoms with Crippen LogP contribution in [0.3, 0.4) is 0 Å². The number of hydrogen-bond acceptors (Lipinski definition) is 3. The molecule has 2 aromatic carbocycles. The lowest BCUT2D eigenvalue weighted by molar-refractivity contribution is 0.0829. The van der Waals surface area contributed by atoms with Crippen molar-refractivity contribution in [2.45, 2.75) is 12.5 Å². The fourth-order valence-electron chi connectivity index (χ4n) is 4.80. The van der Waals surface area contributed by atoms with E-state index >= 15 is 0 Å². The topological polar surface area (TPSA) is 41.6 Å². The van der Waals surface area contributed by atoms with Crippen LogP contribution in [0.5, 0.6) is 0 Å². The Labute approximate surface area is 154 Å². The summed E-state index contributed by atoms with van der Waals surface area (Å²) in [5, 5.41) is 3.39. The zero-order valence-electron chi connectivity index (χ0n) is 14.8. The number of hydrogen-bond donors (Lipinski definition) is 1. The predicted molar refractivity (Wildman–Crippen MR) is 99.8 cm³/mol. The molecule has 1 saturated heterocycles. The molecule has 1 aliphatic carbocycles. The molecule has 26 heavy (non-hydrogen) atoms. The Morgan fingerprint density at radius 1 is 1.04 bits per heavy atom. The number of fused-ring (bicyclic) bond motifs is 2. The quantitative estimate of drug-likeness (QED) is 0.926. The van der Waals surface area contributed by atoms with Crippen molar-refractivity contribution >= 4 is 6.09 Å². The van der Waals surface area contributed by atoms with E-state index in [9.17, 15) is 4.79 Å². The minimum Gasteiger partial charge on any atom is -0.449 e. The summed E-state index contributed by atoms with van der Waals surface area (Å²) in [5.74, 6) is 2.00. The van der Waals surface area contributed by atoms with Gasteiger partial charge in [-0.3, -0.25) is 4.90 Å². The van der Waals surface area contributed by atoms with Gasteiger partial charge in [0, 0.05) is 12.5 Å². The van der Waals surface area contributed by atoms with Gasteiger partial charge in [-0.2, -0.15) is 0 Å². The highest BCUT2D eigenvalue weighted by atomic mass is 16.6. The van der Waals surface area contributed by atoms with Crippen LogP contribution in [0.4, 0.5) is 4.79 Å². The summed E-state index contributed by atoms with van der Waals surface area (Å²) in [7, 11) is 0. The molecule has 2 fully saturated rings. The fraction of sp³-hybridized carbons (Fsp3) is 0.409. The first kappa shape index (κ1) is 15.9. The van der Waals surface area contributed by atoms with Gasteiger partial charge >= 0.3 is 6.09 Å². The predicted octanol–water partition coefficient (Wildman–Crippen LogP) is 3.24. The van der Waals surface area contributed by atoms with Crippen molar-refractivity contribution < 1.29 is 9.53 Å². The van der Waals surface area contributed by atoms with Crippen LogP contribution in [0.2, 0.25) is 0 Å². The molecule has 3 unspecified atom stereocenters. The molecule has 5 rings (SSSR count). The Morgan fingerprint density at radius 2 is 1.77 bits per heavy atom. The lowest BCUT2D eigenvalue weighted by Gasteiger charge is -2.37. The first-order valence-electron chi connectivity index (χ1n) is 9.60. The van der Waals surface area contributed by atoms with Gasteiger partial charge in [0.2, 0.25) is 0 Å². The number of nitrogens with zero attached hydrogens (tertiary/aromatic N) is 1. The summed E-state index contributed by atoms with van der Waals surface area (Å²) in [6.07, 6.45) is 0.707. The number of piperidine rings is 1. The van der Waals surface area contributed by atoms with Crippen molar-refractivity contribution in [1.82, 2.24) is 10.2 Å². The van der Waals surface area contributed by atoms with Crippen molar-refractivity contribution in [1.29, 1.82) is 0 Å². The van der Waals surface area contributed by atoms with Gasteiger partial charge in [0.1, 0.15) is 0 Å². The van der Waals surface area contributed by atoms with E-state index in [0.29, 0.717) is 19.1 Å². The Hall–Kier alpha value is -2.33. The number of carbonyl (C=O) groups excluding carboxylic acids is 1. The summed E-state index contributed by atoms with van der Waals surface area (Å²) < 4.78 is 5.77. The minimum atomic E-state index is -0.175. The molecule has 0 spiro atoms. The zero-order valence-corrected chi connectivity index (χ0v) is 14.8. The lowest BCUT2D eigenvalue weighted by Crippen LogP contribution is -2.41. The summed E-state index contributed by atoms with van der Waals surface area (Å²) in [6, 6.07) is 18.7. The molecule has 0 aromatic heterocycles. The maximum atomic E-state index is 12.9. The van der Waals surface area contributed by atoms with Crippen LogP contribution in [0.25, 0.3) is 0 Å². The minimum absolute atomic E-state index is 0.0611. The van der Waals surface area contributed by atoms with Crippen LogP contribution in [0.1, 0.15) is 22.7 Å². The average molecular weight is 348 g/mol. The summed E-state index contributed by atoms with van der Waals surface area (Å²) >= 11 is 0. The van der Waals surface area contributed by atoms with Crippen LogP contribution in [-0.4, -0.2) is 37.2 Å². The number of amides is 1. The van der Waals surface area contributed by atoms with Crippen molar-refractivity contribution in [3.63, 3.8) is 0 Å². The third-order valence-corrected chi connectivity index (χ3v) is 6.30. The van der Waals surface area contributed by atoms with Gasteiger partial charge in [-0.15, -0.1) is 0 Å². The molecule has 134 valence electrons. The van der Waals surface area contributed by atoms with E-state index in [1.165, 1.54) is 11.1 Å². The van der Waals surface area contributed by atoms with Gasteiger partial charge in [-0.05, 0) is 48.0 Å². The van der Waals surface area contributed by atoms with Crippen LogP contribution in [0, 0.1) is 17.8 Å². The molecule has 0 bridgehead atoms. The number of carbonyl (C=O) groups is 1. The third-order valence-electron chi connectivity index (χ3n) is 6.30. The van der Waals surface area contributed by atoms with Gasteiger partial charge in [0.15, 0.2) is 0 Å². The molecule has 2 heterocycles. The Balaban J connectivity index is 1.37. The standard InChI is InChI=1S/C22H24N2O2/c25-22(26-14-20-18-12-23-13-19(18)20)24-11-10-15-6-4-5-9-17(15)21(24)16-7-2-1-3-8-16/h1-9,18-21,23H,10-14H2. The highest BCUT2D eigenvalue weighted by Gasteiger charge is 2.53. The van der Waals surface area contributed by atoms with E-state index < -0.39 is 0 Å². The largest absolute Gasteiger partial charge is 0.449 e. The second-order valence-corrected chi connectivity index (χ2v) is 7.68. The average Bonchev–Trinajstić information content (AvgIpc) is 3.12. The van der Waals surface area contributed by atoms with Gasteiger partial charge in [0.05, 0.1) is 12.6 Å².